The van der Waals surface area contributed by atoms with Gasteiger partial charge in [-0.05, 0) is 44.5 Å². The molecule has 3 aromatic rings. The van der Waals surface area contributed by atoms with Crippen LogP contribution in [0.15, 0.2) is 36.8 Å². The molecule has 2 aliphatic heterocycles. The van der Waals surface area contributed by atoms with Crippen molar-refractivity contribution in [2.24, 2.45) is 5.73 Å². The SMILES string of the molecule is CN(CC1CCN1CCn1ccc2ccc(C(N)=O)nc21)C1CCN(c2ncc(C(F)(F)F)cn2)CC1. The van der Waals surface area contributed by atoms with Gasteiger partial charge in [0.15, 0.2) is 0 Å². The summed E-state index contributed by atoms with van der Waals surface area (Å²) in [6.07, 6.45) is 2.26. The number of alkyl halides is 3. The quantitative estimate of drug-likeness (QED) is 0.492. The monoisotopic (exact) mass is 516 g/mol. The summed E-state index contributed by atoms with van der Waals surface area (Å²) in [7, 11) is 2.15. The number of nitrogens with zero attached hydrogens (tertiary/aromatic N) is 7. The number of aromatic nitrogens is 4. The lowest BCUT2D eigenvalue weighted by atomic mass is 9.99. The highest BCUT2D eigenvalue weighted by Crippen LogP contribution is 2.29. The summed E-state index contributed by atoms with van der Waals surface area (Å²) in [5.41, 5.74) is 5.61. The summed E-state index contributed by atoms with van der Waals surface area (Å²) in [5.74, 6) is -0.174. The minimum Gasteiger partial charge on any atom is -0.364 e. The number of likely N-dealkylation sites (tertiary alicyclic amines) is 1. The second-order valence-electron chi connectivity index (χ2n) is 9.89. The van der Waals surface area contributed by atoms with Crippen LogP contribution in [-0.4, -0.2) is 87.1 Å². The second-order valence-corrected chi connectivity index (χ2v) is 9.89. The van der Waals surface area contributed by atoms with Gasteiger partial charge < -0.3 is 20.1 Å². The van der Waals surface area contributed by atoms with Gasteiger partial charge >= 0.3 is 6.18 Å². The van der Waals surface area contributed by atoms with Crippen LogP contribution >= 0.6 is 0 Å². The van der Waals surface area contributed by atoms with E-state index in [4.69, 9.17) is 5.73 Å². The number of nitrogens with two attached hydrogens (primary N) is 1. The summed E-state index contributed by atoms with van der Waals surface area (Å²) >= 11 is 0. The molecule has 0 aliphatic carbocycles. The van der Waals surface area contributed by atoms with Crippen LogP contribution in [0.5, 0.6) is 0 Å². The number of pyridine rings is 1. The van der Waals surface area contributed by atoms with Gasteiger partial charge in [-0.15, -0.1) is 0 Å². The summed E-state index contributed by atoms with van der Waals surface area (Å²) in [4.78, 5) is 30.7. The van der Waals surface area contributed by atoms with Crippen molar-refractivity contribution in [1.82, 2.24) is 29.3 Å². The zero-order chi connectivity index (χ0) is 26.2. The van der Waals surface area contributed by atoms with E-state index in [9.17, 15) is 18.0 Å². The van der Waals surface area contributed by atoms with Gasteiger partial charge in [0.05, 0.1) is 5.56 Å². The van der Waals surface area contributed by atoms with E-state index in [2.05, 4.69) is 36.4 Å². The molecule has 9 nitrogen and oxygen atoms in total. The molecular weight excluding hydrogens is 485 g/mol. The number of anilines is 1. The first-order valence-electron chi connectivity index (χ1n) is 12.5. The number of carbonyl (C=O) groups is 1. The lowest BCUT2D eigenvalue weighted by molar-refractivity contribution is -0.138. The van der Waals surface area contributed by atoms with Crippen LogP contribution in [0.1, 0.15) is 35.3 Å². The Bertz CT molecular complexity index is 1240. The fourth-order valence-corrected chi connectivity index (χ4v) is 5.23. The maximum absolute atomic E-state index is 12.8. The predicted octanol–water partition coefficient (Wildman–Crippen LogP) is 2.62. The van der Waals surface area contributed by atoms with Gasteiger partial charge in [-0.3, -0.25) is 9.69 Å². The highest BCUT2D eigenvalue weighted by Gasteiger charge is 2.33. The normalized spacial score (nSPS) is 19.5. The highest BCUT2D eigenvalue weighted by molar-refractivity contribution is 5.93. The van der Waals surface area contributed by atoms with Gasteiger partial charge in [0.2, 0.25) is 5.95 Å². The number of rotatable bonds is 8. The summed E-state index contributed by atoms with van der Waals surface area (Å²) in [5, 5.41) is 0.984. The Morgan fingerprint density at radius 2 is 1.81 bits per heavy atom. The third-order valence-electron chi connectivity index (χ3n) is 7.59. The first-order valence-corrected chi connectivity index (χ1v) is 12.5. The van der Waals surface area contributed by atoms with Crippen molar-refractivity contribution >= 4 is 22.9 Å². The van der Waals surface area contributed by atoms with Gasteiger partial charge in [-0.25, -0.2) is 15.0 Å². The van der Waals surface area contributed by atoms with Gasteiger partial charge in [-0.1, -0.05) is 0 Å². The van der Waals surface area contributed by atoms with Crippen LogP contribution in [0.3, 0.4) is 0 Å². The molecule has 0 bridgehead atoms. The predicted molar refractivity (Wildman–Crippen MR) is 133 cm³/mol. The molecule has 0 radical (unpaired) electrons. The van der Waals surface area contributed by atoms with Crippen molar-refractivity contribution in [2.75, 3.05) is 44.7 Å². The van der Waals surface area contributed by atoms with E-state index in [1.54, 1.807) is 6.07 Å². The molecule has 1 amide bonds. The molecule has 3 aromatic heterocycles. The lowest BCUT2D eigenvalue weighted by Gasteiger charge is -2.45. The standard InChI is InChI=1S/C25H31F3N8O/c1-33(19-5-10-36(11-6-19)24-30-14-18(15-31-24)25(26,27)28)16-20-7-9-34(20)12-13-35-8-4-17-2-3-21(22(29)37)32-23(17)35/h2-4,8,14-15,19-20H,5-7,9-13,16H2,1H3,(H2,29,37). The third kappa shape index (κ3) is 5.54. The van der Waals surface area contributed by atoms with E-state index < -0.39 is 17.6 Å². The number of fused-ring (bicyclic) bond motifs is 1. The van der Waals surface area contributed by atoms with Crippen LogP contribution in [0.2, 0.25) is 0 Å². The molecule has 198 valence electrons. The molecule has 5 heterocycles. The molecule has 2 aliphatic rings. The molecule has 2 N–H and O–H groups in total. The van der Waals surface area contributed by atoms with Crippen molar-refractivity contribution < 1.29 is 18.0 Å². The molecule has 1 unspecified atom stereocenters. The molecule has 0 aromatic carbocycles. The molecule has 5 rings (SSSR count). The van der Waals surface area contributed by atoms with Crippen LogP contribution in [0.4, 0.5) is 19.1 Å². The Kier molecular flexibility index (Phi) is 7.04. The Morgan fingerprint density at radius 1 is 1.08 bits per heavy atom. The zero-order valence-electron chi connectivity index (χ0n) is 20.7. The Labute approximate surface area is 213 Å². The van der Waals surface area contributed by atoms with Crippen molar-refractivity contribution in [3.8, 4) is 0 Å². The summed E-state index contributed by atoms with van der Waals surface area (Å²) in [6, 6.07) is 6.42. The Morgan fingerprint density at radius 3 is 2.43 bits per heavy atom. The maximum atomic E-state index is 12.8. The topological polar surface area (TPSA) is 96.4 Å². The van der Waals surface area contributed by atoms with E-state index in [1.165, 1.54) is 0 Å². The second kappa shape index (κ2) is 10.3. The third-order valence-corrected chi connectivity index (χ3v) is 7.59. The first-order chi connectivity index (χ1) is 17.7. The van der Waals surface area contributed by atoms with Crippen molar-refractivity contribution in [2.45, 2.75) is 44.1 Å². The molecule has 37 heavy (non-hydrogen) atoms. The van der Waals surface area contributed by atoms with E-state index in [1.807, 2.05) is 23.2 Å². The van der Waals surface area contributed by atoms with Crippen molar-refractivity contribution in [1.29, 1.82) is 0 Å². The number of amides is 1. The van der Waals surface area contributed by atoms with Crippen LogP contribution in [0.25, 0.3) is 11.0 Å². The maximum Gasteiger partial charge on any atom is 0.419 e. The van der Waals surface area contributed by atoms with E-state index in [-0.39, 0.29) is 5.69 Å². The fourth-order valence-electron chi connectivity index (χ4n) is 5.23. The number of hydrogen-bond donors (Lipinski definition) is 1. The van der Waals surface area contributed by atoms with Crippen LogP contribution in [0, 0.1) is 0 Å². The molecule has 12 heteroatoms. The van der Waals surface area contributed by atoms with Gasteiger partial charge in [0.25, 0.3) is 5.91 Å². The van der Waals surface area contributed by atoms with Crippen molar-refractivity contribution in [3.05, 3.63) is 48.0 Å². The van der Waals surface area contributed by atoms with E-state index in [0.29, 0.717) is 18.0 Å². The molecule has 2 saturated heterocycles. The van der Waals surface area contributed by atoms with Crippen molar-refractivity contribution in [3.63, 3.8) is 0 Å². The van der Waals surface area contributed by atoms with Crippen LogP contribution in [-0.2, 0) is 12.7 Å². The smallest absolute Gasteiger partial charge is 0.364 e. The number of carbonyl (C=O) groups excluding carboxylic acids is 1. The van der Waals surface area contributed by atoms with Gasteiger partial charge in [0.1, 0.15) is 11.3 Å². The number of piperidine rings is 1. The minimum absolute atomic E-state index is 0.270. The summed E-state index contributed by atoms with van der Waals surface area (Å²) < 4.78 is 40.4. The molecule has 0 spiro atoms. The zero-order valence-corrected chi connectivity index (χ0v) is 20.7. The van der Waals surface area contributed by atoms with Crippen LogP contribution < -0.4 is 10.6 Å². The Balaban J connectivity index is 1.10. The average molecular weight is 517 g/mol. The number of primary amides is 1. The number of hydrogen-bond acceptors (Lipinski definition) is 7. The van der Waals surface area contributed by atoms with E-state index in [0.717, 1.165) is 82.0 Å². The van der Waals surface area contributed by atoms with E-state index >= 15 is 0 Å². The Hall–Kier alpha value is -3.25. The first kappa shape index (κ1) is 25.4. The van der Waals surface area contributed by atoms with Gasteiger partial charge in [-0.2, -0.15) is 13.2 Å². The molecule has 1 atom stereocenters. The fraction of sp³-hybridized carbons (Fsp3) is 0.520. The lowest BCUT2D eigenvalue weighted by Crippen LogP contribution is -2.56. The molecule has 0 saturated carbocycles. The minimum atomic E-state index is -4.43. The highest BCUT2D eigenvalue weighted by atomic mass is 19.4. The number of likely N-dealkylation sites (N-methyl/N-ethyl adjacent to an activating group) is 1. The van der Waals surface area contributed by atoms with Gasteiger partial charge in [0, 0.05) is 75.3 Å². The average Bonchev–Trinajstić information content (AvgIpc) is 3.28. The molecular formula is C25H31F3N8O. The largest absolute Gasteiger partial charge is 0.419 e. The molecule has 2 fully saturated rings. The summed E-state index contributed by atoms with van der Waals surface area (Å²) in [6.45, 7) is 5.14. The number of halogens is 3.